The first-order valence-corrected chi connectivity index (χ1v) is 10.1. The number of hydrogen-bond acceptors (Lipinski definition) is 6. The third-order valence-electron chi connectivity index (χ3n) is 4.03. The summed E-state index contributed by atoms with van der Waals surface area (Å²) in [7, 11) is -2.55. The minimum absolute atomic E-state index is 0.0143. The van der Waals surface area contributed by atoms with Crippen molar-refractivity contribution >= 4 is 44.3 Å². The maximum atomic E-state index is 12.7. The van der Waals surface area contributed by atoms with E-state index in [1.807, 2.05) is 0 Å². The highest BCUT2D eigenvalue weighted by Gasteiger charge is 2.23. The van der Waals surface area contributed by atoms with Gasteiger partial charge in [0.15, 0.2) is 11.5 Å². The van der Waals surface area contributed by atoms with Crippen LogP contribution < -0.4 is 10.6 Å². The van der Waals surface area contributed by atoms with Gasteiger partial charge >= 0.3 is 0 Å². The van der Waals surface area contributed by atoms with E-state index in [1.54, 1.807) is 25.1 Å². The third kappa shape index (κ3) is 4.79. The van der Waals surface area contributed by atoms with Gasteiger partial charge in [0.25, 0.3) is 0 Å². The molecular formula is C19H20N4O5S. The van der Waals surface area contributed by atoms with E-state index in [2.05, 4.69) is 15.6 Å². The van der Waals surface area contributed by atoms with Gasteiger partial charge in [-0.15, -0.1) is 0 Å². The zero-order chi connectivity index (χ0) is 21.2. The van der Waals surface area contributed by atoms with E-state index >= 15 is 0 Å². The van der Waals surface area contributed by atoms with Crippen LogP contribution in [0.15, 0.2) is 51.8 Å². The number of oxazole rings is 1. The Morgan fingerprint density at radius 3 is 2.38 bits per heavy atom. The number of anilines is 2. The van der Waals surface area contributed by atoms with E-state index < -0.39 is 15.9 Å². The molecule has 0 saturated heterocycles. The summed E-state index contributed by atoms with van der Waals surface area (Å²) in [5.74, 6) is -0.242. The molecule has 0 aliphatic rings. The van der Waals surface area contributed by atoms with Crippen LogP contribution >= 0.6 is 0 Å². The number of carbonyl (C=O) groups is 2. The number of carbonyl (C=O) groups excluding carboxylic acids is 2. The smallest absolute Gasteiger partial charge is 0.243 e. The van der Waals surface area contributed by atoms with Crippen LogP contribution in [0, 0.1) is 6.92 Å². The van der Waals surface area contributed by atoms with Crippen LogP contribution in [-0.4, -0.2) is 43.1 Å². The van der Waals surface area contributed by atoms with E-state index in [0.717, 1.165) is 4.31 Å². The van der Waals surface area contributed by atoms with Crippen molar-refractivity contribution in [3.8, 4) is 0 Å². The van der Waals surface area contributed by atoms with Crippen molar-refractivity contribution in [3.63, 3.8) is 0 Å². The number of fused-ring (bicyclic) bond motifs is 1. The Bertz CT molecular complexity index is 1170. The maximum absolute atomic E-state index is 12.7. The van der Waals surface area contributed by atoms with Gasteiger partial charge in [0, 0.05) is 38.3 Å². The molecule has 152 valence electrons. The largest absolute Gasteiger partial charge is 0.441 e. The number of rotatable bonds is 6. The second-order valence-corrected chi connectivity index (χ2v) is 8.48. The number of nitrogens with zero attached hydrogens (tertiary/aromatic N) is 2. The molecule has 1 heterocycles. The molecular weight excluding hydrogens is 396 g/mol. The molecule has 29 heavy (non-hydrogen) atoms. The average molecular weight is 416 g/mol. The van der Waals surface area contributed by atoms with Gasteiger partial charge in [-0.25, -0.2) is 13.4 Å². The lowest BCUT2D eigenvalue weighted by molar-refractivity contribution is -0.116. The Morgan fingerprint density at radius 2 is 1.72 bits per heavy atom. The summed E-state index contributed by atoms with van der Waals surface area (Å²) < 4.78 is 31.7. The van der Waals surface area contributed by atoms with Crippen LogP contribution in [-0.2, 0) is 19.6 Å². The van der Waals surface area contributed by atoms with Crippen molar-refractivity contribution in [1.29, 1.82) is 0 Å². The van der Waals surface area contributed by atoms with Gasteiger partial charge in [-0.05, 0) is 36.4 Å². The van der Waals surface area contributed by atoms with Gasteiger partial charge < -0.3 is 15.1 Å². The maximum Gasteiger partial charge on any atom is 0.243 e. The number of aryl methyl sites for hydroxylation is 1. The minimum Gasteiger partial charge on any atom is -0.441 e. The normalized spacial score (nSPS) is 11.6. The molecule has 0 spiro atoms. The van der Waals surface area contributed by atoms with Crippen molar-refractivity contribution in [2.75, 3.05) is 24.2 Å². The first-order chi connectivity index (χ1) is 13.6. The van der Waals surface area contributed by atoms with E-state index in [4.69, 9.17) is 4.42 Å². The van der Waals surface area contributed by atoms with Crippen LogP contribution in [0.1, 0.15) is 12.8 Å². The number of likely N-dealkylation sites (N-methyl/N-ethyl adjacent to an activating group) is 1. The SMILES string of the molecule is CC(=O)Nc1ccc(S(=O)(=O)N(C)CC(=O)Nc2ccc3nc(C)oc3c2)cc1. The molecule has 1 aromatic heterocycles. The highest BCUT2D eigenvalue weighted by Crippen LogP contribution is 2.20. The Labute approximate surface area is 167 Å². The lowest BCUT2D eigenvalue weighted by Crippen LogP contribution is -2.34. The topological polar surface area (TPSA) is 122 Å². The van der Waals surface area contributed by atoms with Gasteiger partial charge in [0.05, 0.1) is 11.4 Å². The van der Waals surface area contributed by atoms with Crippen molar-refractivity contribution in [3.05, 3.63) is 48.4 Å². The standard InChI is InChI=1S/C19H20N4O5S/c1-12(24)20-14-4-7-16(8-5-14)29(26,27)23(3)11-19(25)22-15-6-9-17-18(10-15)28-13(2)21-17/h4-10H,11H2,1-3H3,(H,20,24)(H,22,25). The fourth-order valence-corrected chi connectivity index (χ4v) is 3.83. The molecule has 0 atom stereocenters. The quantitative estimate of drug-likeness (QED) is 0.636. The van der Waals surface area contributed by atoms with E-state index in [9.17, 15) is 18.0 Å². The monoisotopic (exact) mass is 416 g/mol. The summed E-state index contributed by atoms with van der Waals surface area (Å²) in [5, 5.41) is 5.21. The van der Waals surface area contributed by atoms with Crippen molar-refractivity contribution < 1.29 is 22.4 Å². The molecule has 2 N–H and O–H groups in total. The van der Waals surface area contributed by atoms with Gasteiger partial charge in [0.1, 0.15) is 5.52 Å². The number of nitrogens with one attached hydrogen (secondary N) is 2. The van der Waals surface area contributed by atoms with Gasteiger partial charge in [-0.2, -0.15) is 4.31 Å². The second kappa shape index (κ2) is 8.02. The molecule has 0 aliphatic carbocycles. The Kier molecular flexibility index (Phi) is 5.66. The highest BCUT2D eigenvalue weighted by molar-refractivity contribution is 7.89. The van der Waals surface area contributed by atoms with Crippen LogP contribution in [0.2, 0.25) is 0 Å². The number of amides is 2. The van der Waals surface area contributed by atoms with E-state index in [0.29, 0.717) is 28.4 Å². The Morgan fingerprint density at radius 1 is 1.07 bits per heavy atom. The summed E-state index contributed by atoms with van der Waals surface area (Å²) in [6.45, 7) is 2.71. The van der Waals surface area contributed by atoms with Crippen LogP contribution in [0.3, 0.4) is 0 Å². The summed E-state index contributed by atoms with van der Waals surface area (Å²) in [6.07, 6.45) is 0. The van der Waals surface area contributed by atoms with Crippen LogP contribution in [0.5, 0.6) is 0 Å². The van der Waals surface area contributed by atoms with E-state index in [-0.39, 0.29) is 17.3 Å². The number of hydrogen-bond donors (Lipinski definition) is 2. The predicted octanol–water partition coefficient (Wildman–Crippen LogP) is 2.35. The Balaban J connectivity index is 1.67. The van der Waals surface area contributed by atoms with Crippen molar-refractivity contribution in [1.82, 2.24) is 9.29 Å². The first kappa shape index (κ1) is 20.5. The molecule has 0 fully saturated rings. The summed E-state index contributed by atoms with van der Waals surface area (Å²) >= 11 is 0. The third-order valence-corrected chi connectivity index (χ3v) is 5.85. The average Bonchev–Trinajstić information content (AvgIpc) is 3.00. The fourth-order valence-electron chi connectivity index (χ4n) is 2.70. The van der Waals surface area contributed by atoms with Crippen molar-refractivity contribution in [2.45, 2.75) is 18.7 Å². The van der Waals surface area contributed by atoms with Gasteiger partial charge in [-0.1, -0.05) is 0 Å². The molecule has 2 amide bonds. The van der Waals surface area contributed by atoms with Gasteiger partial charge in [0.2, 0.25) is 21.8 Å². The molecule has 0 saturated carbocycles. The van der Waals surface area contributed by atoms with Crippen LogP contribution in [0.4, 0.5) is 11.4 Å². The molecule has 0 radical (unpaired) electrons. The molecule has 2 aromatic carbocycles. The molecule has 3 aromatic rings. The number of benzene rings is 2. The van der Waals surface area contributed by atoms with Crippen molar-refractivity contribution in [2.24, 2.45) is 0 Å². The zero-order valence-corrected chi connectivity index (χ0v) is 16.9. The second-order valence-electron chi connectivity index (χ2n) is 6.43. The summed E-state index contributed by atoms with van der Waals surface area (Å²) in [6, 6.07) is 10.7. The molecule has 0 bridgehead atoms. The fraction of sp³-hybridized carbons (Fsp3) is 0.211. The molecule has 0 unspecified atom stereocenters. The molecule has 9 nitrogen and oxygen atoms in total. The molecule has 0 aliphatic heterocycles. The molecule has 10 heteroatoms. The highest BCUT2D eigenvalue weighted by atomic mass is 32.2. The summed E-state index contributed by atoms with van der Waals surface area (Å²) in [4.78, 5) is 27.6. The Hall–Kier alpha value is -3.24. The zero-order valence-electron chi connectivity index (χ0n) is 16.1. The lowest BCUT2D eigenvalue weighted by Gasteiger charge is -2.17. The van der Waals surface area contributed by atoms with E-state index in [1.165, 1.54) is 38.2 Å². The minimum atomic E-state index is -3.87. The van der Waals surface area contributed by atoms with Gasteiger partial charge in [-0.3, -0.25) is 9.59 Å². The van der Waals surface area contributed by atoms with Crippen LogP contribution in [0.25, 0.3) is 11.1 Å². The summed E-state index contributed by atoms with van der Waals surface area (Å²) in [5.41, 5.74) is 2.16. The predicted molar refractivity (Wildman–Crippen MR) is 108 cm³/mol. The first-order valence-electron chi connectivity index (χ1n) is 8.66. The number of sulfonamides is 1. The number of aromatic nitrogens is 1. The lowest BCUT2D eigenvalue weighted by atomic mass is 10.3. The molecule has 3 rings (SSSR count).